The van der Waals surface area contributed by atoms with Crippen LogP contribution in [0.4, 0.5) is 8.78 Å². The molecule has 0 saturated heterocycles. The first-order chi connectivity index (χ1) is 8.95. The zero-order valence-electron chi connectivity index (χ0n) is 9.15. The van der Waals surface area contributed by atoms with Gasteiger partial charge in [0.15, 0.2) is 0 Å². The van der Waals surface area contributed by atoms with Crippen molar-refractivity contribution in [3.8, 4) is 17.6 Å². The van der Waals surface area contributed by atoms with Crippen LogP contribution in [0.3, 0.4) is 0 Å². The lowest BCUT2D eigenvalue weighted by molar-refractivity contribution is 0.386. The Kier molecular flexibility index (Phi) is 2.88. The number of aromatic hydroxyl groups is 1. The Balaban J connectivity index is 2.89. The number of hydrogen-bond acceptors (Lipinski definition) is 4. The smallest absolute Gasteiger partial charge is 0.335 e. The van der Waals surface area contributed by atoms with Crippen molar-refractivity contribution in [2.24, 2.45) is 0 Å². The largest absolute Gasteiger partial charge is 0.492 e. The standard InChI is InChI=1S/C11H5F2N3O3/c12-6-1-2-7(5(3-6)4-14)16-10(18)8(13)9(17)15-11(16)19/h1-3,18H,(H,15,17,19). The molecule has 2 N–H and O–H groups in total. The molecule has 8 heteroatoms. The summed E-state index contributed by atoms with van der Waals surface area (Å²) in [5, 5.41) is 18.3. The monoisotopic (exact) mass is 265 g/mol. The maximum absolute atomic E-state index is 13.3. The van der Waals surface area contributed by atoms with Gasteiger partial charge in [-0.3, -0.25) is 9.78 Å². The summed E-state index contributed by atoms with van der Waals surface area (Å²) in [7, 11) is 0. The first kappa shape index (κ1) is 12.5. The summed E-state index contributed by atoms with van der Waals surface area (Å²) in [5.41, 5.74) is -3.09. The minimum atomic E-state index is -1.58. The Morgan fingerprint density at radius 2 is 2.00 bits per heavy atom. The average molecular weight is 265 g/mol. The molecule has 0 fully saturated rings. The van der Waals surface area contributed by atoms with Crippen molar-refractivity contribution in [2.45, 2.75) is 0 Å². The molecule has 6 nitrogen and oxygen atoms in total. The molecule has 0 spiro atoms. The molecule has 0 aliphatic heterocycles. The summed E-state index contributed by atoms with van der Waals surface area (Å²) in [6.45, 7) is 0. The molecule has 0 saturated carbocycles. The van der Waals surface area contributed by atoms with E-state index >= 15 is 0 Å². The van der Waals surface area contributed by atoms with Crippen LogP contribution >= 0.6 is 0 Å². The summed E-state index contributed by atoms with van der Waals surface area (Å²) >= 11 is 0. The van der Waals surface area contributed by atoms with Gasteiger partial charge in [0.05, 0.1) is 11.3 Å². The molecule has 1 aromatic carbocycles. The summed E-state index contributed by atoms with van der Waals surface area (Å²) < 4.78 is 26.6. The van der Waals surface area contributed by atoms with Gasteiger partial charge in [-0.05, 0) is 18.2 Å². The van der Waals surface area contributed by atoms with E-state index in [1.807, 2.05) is 0 Å². The molecule has 0 atom stereocenters. The maximum Gasteiger partial charge on any atom is 0.335 e. The summed E-state index contributed by atoms with van der Waals surface area (Å²) in [6.07, 6.45) is 0. The Hall–Kier alpha value is -2.95. The fourth-order valence-corrected chi connectivity index (χ4v) is 1.52. The van der Waals surface area contributed by atoms with Crippen LogP contribution in [-0.2, 0) is 0 Å². The molecule has 1 heterocycles. The van der Waals surface area contributed by atoms with Gasteiger partial charge in [0.25, 0.3) is 5.56 Å². The Morgan fingerprint density at radius 1 is 1.32 bits per heavy atom. The molecule has 96 valence electrons. The van der Waals surface area contributed by atoms with Crippen molar-refractivity contribution in [1.29, 1.82) is 5.26 Å². The van der Waals surface area contributed by atoms with E-state index in [-0.39, 0.29) is 11.3 Å². The number of aromatic nitrogens is 2. The highest BCUT2D eigenvalue weighted by molar-refractivity contribution is 5.50. The van der Waals surface area contributed by atoms with Gasteiger partial charge in [-0.1, -0.05) is 0 Å². The lowest BCUT2D eigenvalue weighted by Gasteiger charge is -2.09. The van der Waals surface area contributed by atoms with Gasteiger partial charge in [-0.25, -0.2) is 13.8 Å². The van der Waals surface area contributed by atoms with Crippen LogP contribution in [-0.4, -0.2) is 14.7 Å². The number of rotatable bonds is 1. The van der Waals surface area contributed by atoms with Crippen LogP contribution < -0.4 is 11.2 Å². The quantitative estimate of drug-likeness (QED) is 0.778. The van der Waals surface area contributed by atoms with Gasteiger partial charge in [-0.15, -0.1) is 0 Å². The summed E-state index contributed by atoms with van der Waals surface area (Å²) in [6, 6.07) is 4.34. The number of benzene rings is 1. The van der Waals surface area contributed by atoms with Crippen molar-refractivity contribution < 1.29 is 13.9 Å². The first-order valence-corrected chi connectivity index (χ1v) is 4.89. The van der Waals surface area contributed by atoms with Crippen molar-refractivity contribution >= 4 is 0 Å². The number of H-pyrrole nitrogens is 1. The molecule has 0 aliphatic carbocycles. The minimum absolute atomic E-state index is 0.249. The molecule has 0 unspecified atom stereocenters. The molecule has 0 aliphatic rings. The average Bonchev–Trinajstić information content (AvgIpc) is 2.37. The summed E-state index contributed by atoms with van der Waals surface area (Å²) in [4.78, 5) is 24.1. The van der Waals surface area contributed by atoms with Gasteiger partial charge in [-0.2, -0.15) is 9.65 Å². The van der Waals surface area contributed by atoms with Crippen LogP contribution in [0, 0.1) is 23.0 Å². The molecular weight excluding hydrogens is 260 g/mol. The highest BCUT2D eigenvalue weighted by Gasteiger charge is 2.17. The minimum Gasteiger partial charge on any atom is -0.492 e. The first-order valence-electron chi connectivity index (χ1n) is 4.89. The summed E-state index contributed by atoms with van der Waals surface area (Å²) in [5.74, 6) is -3.57. The SMILES string of the molecule is N#Cc1cc(F)ccc1-n1c(O)c(F)c(=O)[nH]c1=O. The second-order valence-corrected chi connectivity index (χ2v) is 3.51. The van der Waals surface area contributed by atoms with E-state index in [4.69, 9.17) is 5.26 Å². The van der Waals surface area contributed by atoms with Crippen molar-refractivity contribution in [2.75, 3.05) is 0 Å². The number of hydrogen-bond donors (Lipinski definition) is 2. The van der Waals surface area contributed by atoms with E-state index in [1.165, 1.54) is 0 Å². The number of nitrogens with one attached hydrogen (secondary N) is 1. The fraction of sp³-hybridized carbons (Fsp3) is 0. The maximum atomic E-state index is 13.3. The number of nitrogens with zero attached hydrogens (tertiary/aromatic N) is 2. The highest BCUT2D eigenvalue weighted by atomic mass is 19.1. The lowest BCUT2D eigenvalue weighted by atomic mass is 10.2. The third-order valence-corrected chi connectivity index (χ3v) is 2.35. The third kappa shape index (κ3) is 1.97. The molecule has 0 radical (unpaired) electrons. The van der Waals surface area contributed by atoms with Crippen LogP contribution in [0.2, 0.25) is 0 Å². The second-order valence-electron chi connectivity index (χ2n) is 3.51. The molecule has 0 amide bonds. The van der Waals surface area contributed by atoms with Crippen LogP contribution in [0.15, 0.2) is 27.8 Å². The predicted octanol–water partition coefficient (Wildman–Crippen LogP) is 0.381. The molecule has 19 heavy (non-hydrogen) atoms. The molecule has 0 bridgehead atoms. The zero-order chi connectivity index (χ0) is 14.2. The third-order valence-electron chi connectivity index (χ3n) is 2.35. The van der Waals surface area contributed by atoms with Gasteiger partial charge < -0.3 is 5.11 Å². The lowest BCUT2D eigenvalue weighted by Crippen LogP contribution is -2.31. The predicted molar refractivity (Wildman–Crippen MR) is 59.0 cm³/mol. The Morgan fingerprint density at radius 3 is 2.63 bits per heavy atom. The molecule has 2 rings (SSSR count). The van der Waals surface area contributed by atoms with Crippen molar-refractivity contribution in [1.82, 2.24) is 9.55 Å². The van der Waals surface area contributed by atoms with E-state index in [0.29, 0.717) is 4.57 Å². The van der Waals surface area contributed by atoms with E-state index in [0.717, 1.165) is 18.2 Å². The zero-order valence-corrected chi connectivity index (χ0v) is 9.15. The van der Waals surface area contributed by atoms with Crippen LogP contribution in [0.1, 0.15) is 5.56 Å². The highest BCUT2D eigenvalue weighted by Crippen LogP contribution is 2.19. The van der Waals surface area contributed by atoms with Gasteiger partial charge in [0, 0.05) is 0 Å². The Labute approximate surface area is 103 Å². The van der Waals surface area contributed by atoms with E-state index < -0.39 is 28.8 Å². The number of aromatic amines is 1. The van der Waals surface area contributed by atoms with Crippen LogP contribution in [0.25, 0.3) is 5.69 Å². The van der Waals surface area contributed by atoms with E-state index in [9.17, 15) is 23.5 Å². The second kappa shape index (κ2) is 4.38. The molecule has 2 aromatic rings. The normalized spacial score (nSPS) is 10.2. The number of nitriles is 1. The van der Waals surface area contributed by atoms with Crippen molar-refractivity contribution in [3.63, 3.8) is 0 Å². The van der Waals surface area contributed by atoms with E-state index in [1.54, 1.807) is 11.1 Å². The van der Waals surface area contributed by atoms with Gasteiger partial charge in [0.1, 0.15) is 11.9 Å². The molecular formula is C11H5F2N3O3. The number of halogens is 2. The fourth-order valence-electron chi connectivity index (χ4n) is 1.52. The Bertz CT molecular complexity index is 817. The van der Waals surface area contributed by atoms with E-state index in [2.05, 4.69) is 0 Å². The van der Waals surface area contributed by atoms with Gasteiger partial charge >= 0.3 is 5.69 Å². The van der Waals surface area contributed by atoms with Crippen LogP contribution in [0.5, 0.6) is 5.88 Å². The molecule has 1 aromatic heterocycles. The topological polar surface area (TPSA) is 98.9 Å². The van der Waals surface area contributed by atoms with Gasteiger partial charge in [0.2, 0.25) is 11.7 Å². The van der Waals surface area contributed by atoms with Crippen molar-refractivity contribution in [3.05, 3.63) is 56.2 Å².